The van der Waals surface area contributed by atoms with Gasteiger partial charge in [-0.05, 0) is 197 Å². The van der Waals surface area contributed by atoms with Gasteiger partial charge < -0.3 is 4.42 Å². The second-order valence-corrected chi connectivity index (χ2v) is 22.2. The second-order valence-electron chi connectivity index (χ2n) is 22.2. The van der Waals surface area contributed by atoms with Gasteiger partial charge in [0.25, 0.3) is 0 Å². The molecule has 0 saturated heterocycles. The van der Waals surface area contributed by atoms with Gasteiger partial charge in [0, 0.05) is 32.8 Å². The summed E-state index contributed by atoms with van der Waals surface area (Å²) in [6.45, 7) is 28.3. The van der Waals surface area contributed by atoms with Crippen LogP contribution in [0.3, 0.4) is 0 Å². The predicted octanol–water partition coefficient (Wildman–Crippen LogP) is 17.4. The van der Waals surface area contributed by atoms with Crippen LogP contribution in [0.15, 0.2) is 126 Å². The molecule has 8 aromatic carbocycles. The molecule has 0 radical (unpaired) electrons. The minimum Gasteiger partial charge on any atom is -0.456 e. The maximum Gasteiger partial charge on any atom is 0.138 e. The molecule has 0 aliphatic heterocycles. The average molecular weight is 841 g/mol. The van der Waals surface area contributed by atoms with E-state index < -0.39 is 0 Å². The highest BCUT2D eigenvalue weighted by Crippen LogP contribution is 2.60. The van der Waals surface area contributed by atoms with E-state index in [0.717, 1.165) is 22.6 Å². The molecule has 65 heavy (non-hydrogen) atoms. The first-order valence-corrected chi connectivity index (χ1v) is 23.8. The summed E-state index contributed by atoms with van der Waals surface area (Å²) in [6, 6.07) is 47.2. The zero-order valence-corrected chi connectivity index (χ0v) is 40.0. The molecule has 1 heteroatoms. The number of furan rings is 1. The van der Waals surface area contributed by atoms with Crippen molar-refractivity contribution in [2.24, 2.45) is 0 Å². The van der Waals surface area contributed by atoms with Crippen molar-refractivity contribution in [3.05, 3.63) is 188 Å². The van der Waals surface area contributed by atoms with Gasteiger partial charge in [-0.15, -0.1) is 0 Å². The van der Waals surface area contributed by atoms with E-state index in [9.17, 15) is 0 Å². The lowest BCUT2D eigenvalue weighted by Gasteiger charge is -2.24. The fourth-order valence-electron chi connectivity index (χ4n) is 13.4. The van der Waals surface area contributed by atoms with Crippen LogP contribution in [0.5, 0.6) is 0 Å². The van der Waals surface area contributed by atoms with Crippen molar-refractivity contribution in [3.63, 3.8) is 0 Å². The van der Waals surface area contributed by atoms with Gasteiger partial charge in [0.2, 0.25) is 0 Å². The van der Waals surface area contributed by atoms with Crippen molar-refractivity contribution in [1.29, 1.82) is 0 Å². The molecule has 4 aliphatic carbocycles. The van der Waals surface area contributed by atoms with Crippen LogP contribution in [-0.4, -0.2) is 0 Å². The maximum absolute atomic E-state index is 7.09. The third-order valence-electron chi connectivity index (χ3n) is 17.3. The largest absolute Gasteiger partial charge is 0.456 e. The SMILES string of the molecule is Cc1c(-c2ccc3c(c2)C(C)(C)c2cc4c(cc2-3)C(C)(C)c2cc(C)c3ccccc3c2-4)oc(-c2ccc3c(c2)C(C)(C)c2cc4c(cc2-3)C(C)(C)c2cc(C)c3ccccc3c2-4)c1C. The van der Waals surface area contributed by atoms with Gasteiger partial charge in [-0.1, -0.05) is 140 Å². The lowest BCUT2D eigenvalue weighted by molar-refractivity contribution is 0.593. The van der Waals surface area contributed by atoms with E-state index in [1.165, 1.54) is 133 Å². The van der Waals surface area contributed by atoms with Crippen LogP contribution in [0.4, 0.5) is 0 Å². The Hall–Kier alpha value is -6.44. The molecule has 1 heterocycles. The van der Waals surface area contributed by atoms with Gasteiger partial charge in [0.15, 0.2) is 0 Å². The number of aryl methyl sites for hydroxylation is 2. The third-order valence-corrected chi connectivity index (χ3v) is 17.3. The van der Waals surface area contributed by atoms with E-state index in [-0.39, 0.29) is 21.7 Å². The smallest absolute Gasteiger partial charge is 0.138 e. The van der Waals surface area contributed by atoms with E-state index in [2.05, 4.69) is 204 Å². The molecule has 9 aromatic rings. The quantitative estimate of drug-likeness (QED) is 0.169. The monoisotopic (exact) mass is 840 g/mol. The molecule has 0 N–H and O–H groups in total. The highest BCUT2D eigenvalue weighted by molar-refractivity contribution is 6.06. The van der Waals surface area contributed by atoms with E-state index in [1.807, 2.05) is 0 Å². The van der Waals surface area contributed by atoms with Crippen molar-refractivity contribution in [3.8, 4) is 67.2 Å². The molecule has 318 valence electrons. The second kappa shape index (κ2) is 12.3. The Morgan fingerprint density at radius 3 is 1.03 bits per heavy atom. The van der Waals surface area contributed by atoms with Gasteiger partial charge in [-0.25, -0.2) is 0 Å². The molecule has 0 fully saturated rings. The molecule has 1 nitrogen and oxygen atoms in total. The average Bonchev–Trinajstić information content (AvgIpc) is 3.94. The van der Waals surface area contributed by atoms with Crippen LogP contribution in [0.2, 0.25) is 0 Å². The first kappa shape index (κ1) is 39.0. The first-order chi connectivity index (χ1) is 30.9. The minimum atomic E-state index is -0.175. The summed E-state index contributed by atoms with van der Waals surface area (Å²) in [5.74, 6) is 1.93. The highest BCUT2D eigenvalue weighted by atomic mass is 16.3. The molecular weight excluding hydrogens is 785 g/mol. The lowest BCUT2D eigenvalue weighted by Crippen LogP contribution is -2.17. The number of fused-ring (bicyclic) bond motifs is 16. The Morgan fingerprint density at radius 2 is 0.631 bits per heavy atom. The standard InChI is InChI=1S/C64H56O/c1-33-25-55-57(43-19-15-13-17-39(33)43)47-31-51-45(29-53(47)63(55,9)10)41-23-21-37(27-49(41)61(51,5)6)59-35(3)36(4)60(65-59)38-22-24-42-46-30-54-48(32-52(46)62(7,8)50(42)28-38)58-44-20-16-14-18-40(44)34(2)26-56(58)64(54,11)12/h13-32H,1-12H3. The van der Waals surface area contributed by atoms with Gasteiger partial charge in [0.05, 0.1) is 0 Å². The number of hydrogen-bond acceptors (Lipinski definition) is 1. The molecule has 0 spiro atoms. The van der Waals surface area contributed by atoms with Crippen LogP contribution in [0.1, 0.15) is 122 Å². The Bertz CT molecular complexity index is 3440. The van der Waals surface area contributed by atoms with Crippen molar-refractivity contribution in [2.45, 2.75) is 105 Å². The Labute approximate surface area is 384 Å². The van der Waals surface area contributed by atoms with E-state index in [1.54, 1.807) is 0 Å². The van der Waals surface area contributed by atoms with E-state index in [0.29, 0.717) is 0 Å². The first-order valence-electron chi connectivity index (χ1n) is 23.8. The number of hydrogen-bond donors (Lipinski definition) is 0. The van der Waals surface area contributed by atoms with Gasteiger partial charge in [-0.3, -0.25) is 0 Å². The summed E-state index contributed by atoms with van der Waals surface area (Å²) >= 11 is 0. The van der Waals surface area contributed by atoms with Crippen molar-refractivity contribution in [2.75, 3.05) is 0 Å². The Morgan fingerprint density at radius 1 is 0.308 bits per heavy atom. The topological polar surface area (TPSA) is 13.1 Å². The molecule has 0 amide bonds. The fraction of sp³-hybridized carbons (Fsp3) is 0.250. The van der Waals surface area contributed by atoms with Crippen molar-refractivity contribution >= 4 is 21.5 Å². The van der Waals surface area contributed by atoms with Gasteiger partial charge in [-0.2, -0.15) is 0 Å². The van der Waals surface area contributed by atoms with Crippen LogP contribution >= 0.6 is 0 Å². The molecule has 4 aliphatic rings. The van der Waals surface area contributed by atoms with Crippen molar-refractivity contribution < 1.29 is 4.42 Å². The zero-order valence-electron chi connectivity index (χ0n) is 40.0. The van der Waals surface area contributed by atoms with Crippen LogP contribution in [0, 0.1) is 27.7 Å². The summed E-state index contributed by atoms with van der Waals surface area (Å²) in [5, 5.41) is 5.43. The number of benzene rings is 8. The summed E-state index contributed by atoms with van der Waals surface area (Å²) in [7, 11) is 0. The van der Waals surface area contributed by atoms with Crippen molar-refractivity contribution in [1.82, 2.24) is 0 Å². The molecule has 13 rings (SSSR count). The fourth-order valence-corrected chi connectivity index (χ4v) is 13.4. The van der Waals surface area contributed by atoms with Gasteiger partial charge in [0.1, 0.15) is 11.5 Å². The molecule has 0 unspecified atom stereocenters. The van der Waals surface area contributed by atoms with E-state index in [4.69, 9.17) is 4.42 Å². The van der Waals surface area contributed by atoms with E-state index >= 15 is 0 Å². The van der Waals surface area contributed by atoms with Gasteiger partial charge >= 0.3 is 0 Å². The summed E-state index contributed by atoms with van der Waals surface area (Å²) in [4.78, 5) is 0. The third kappa shape index (κ3) is 4.74. The molecule has 0 bridgehead atoms. The normalized spacial score (nSPS) is 16.8. The summed E-state index contributed by atoms with van der Waals surface area (Å²) < 4.78 is 7.09. The van der Waals surface area contributed by atoms with Crippen LogP contribution in [0.25, 0.3) is 88.7 Å². The summed E-state index contributed by atoms with van der Waals surface area (Å²) in [6.07, 6.45) is 0. The lowest BCUT2D eigenvalue weighted by atomic mass is 9.79. The summed E-state index contributed by atoms with van der Waals surface area (Å²) in [5.41, 5.74) is 29.2. The predicted molar refractivity (Wildman–Crippen MR) is 274 cm³/mol. The zero-order chi connectivity index (χ0) is 45.0. The molecule has 0 saturated carbocycles. The minimum absolute atomic E-state index is 0.0894. The molecule has 1 aromatic heterocycles. The Balaban J connectivity index is 0.884. The van der Waals surface area contributed by atoms with Crippen LogP contribution in [-0.2, 0) is 21.7 Å². The Kier molecular flexibility index (Phi) is 7.35. The highest BCUT2D eigenvalue weighted by Gasteiger charge is 2.45. The number of rotatable bonds is 2. The van der Waals surface area contributed by atoms with Crippen LogP contribution < -0.4 is 0 Å². The molecule has 0 atom stereocenters. The maximum atomic E-state index is 7.09. The molecular formula is C64H56O.